The van der Waals surface area contributed by atoms with Crippen LogP contribution in [0.2, 0.25) is 0 Å². The summed E-state index contributed by atoms with van der Waals surface area (Å²) in [6, 6.07) is 6.74. The van der Waals surface area contributed by atoms with Gasteiger partial charge < -0.3 is 10.1 Å². The molecule has 0 saturated carbocycles. The number of benzene rings is 1. The predicted octanol–water partition coefficient (Wildman–Crippen LogP) is 3.01. The first kappa shape index (κ1) is 11.5. The summed E-state index contributed by atoms with van der Waals surface area (Å²) in [6.45, 7) is 4.70. The van der Waals surface area contributed by atoms with Gasteiger partial charge in [0, 0.05) is 18.8 Å². The van der Waals surface area contributed by atoms with Gasteiger partial charge in [0.1, 0.15) is 0 Å². The van der Waals surface area contributed by atoms with E-state index in [0.717, 1.165) is 26.2 Å². The third-order valence-corrected chi connectivity index (χ3v) is 3.02. The van der Waals surface area contributed by atoms with Crippen molar-refractivity contribution in [2.75, 3.05) is 25.1 Å². The fourth-order valence-corrected chi connectivity index (χ4v) is 2.20. The van der Waals surface area contributed by atoms with Gasteiger partial charge in [-0.2, -0.15) is 0 Å². The number of fused-ring (bicyclic) bond motifs is 1. The maximum absolute atomic E-state index is 5.43. The summed E-state index contributed by atoms with van der Waals surface area (Å²) in [5.41, 5.74) is 4.30. The Morgan fingerprint density at radius 2 is 2.06 bits per heavy atom. The quantitative estimate of drug-likeness (QED) is 0.743. The smallest absolute Gasteiger partial charge is 0.0639 e. The van der Waals surface area contributed by atoms with E-state index >= 15 is 0 Å². The standard InChI is InChI=1S/C14H21NO/c1-2-9-16-10-8-15-14-7-6-12-4-3-5-13(12)11-14/h6-7,11,15H,2-5,8-10H2,1H3. The van der Waals surface area contributed by atoms with Crippen LogP contribution in [-0.2, 0) is 17.6 Å². The van der Waals surface area contributed by atoms with Gasteiger partial charge in [-0.25, -0.2) is 0 Å². The van der Waals surface area contributed by atoms with E-state index < -0.39 is 0 Å². The maximum atomic E-state index is 5.43. The summed E-state index contributed by atoms with van der Waals surface area (Å²) in [4.78, 5) is 0. The Hall–Kier alpha value is -1.02. The van der Waals surface area contributed by atoms with E-state index in [4.69, 9.17) is 4.74 Å². The number of hydrogen-bond acceptors (Lipinski definition) is 2. The average molecular weight is 219 g/mol. The first-order valence-electron chi connectivity index (χ1n) is 6.33. The fourth-order valence-electron chi connectivity index (χ4n) is 2.20. The molecule has 2 nitrogen and oxygen atoms in total. The number of anilines is 1. The third-order valence-electron chi connectivity index (χ3n) is 3.02. The van der Waals surface area contributed by atoms with Gasteiger partial charge in [0.15, 0.2) is 0 Å². The molecule has 0 unspecified atom stereocenters. The minimum absolute atomic E-state index is 0.797. The topological polar surface area (TPSA) is 21.3 Å². The van der Waals surface area contributed by atoms with Crippen LogP contribution < -0.4 is 5.32 Å². The van der Waals surface area contributed by atoms with Crippen LogP contribution in [0.25, 0.3) is 0 Å². The molecule has 1 aliphatic rings. The van der Waals surface area contributed by atoms with E-state index in [2.05, 4.69) is 30.4 Å². The van der Waals surface area contributed by atoms with Crippen LogP contribution in [0.5, 0.6) is 0 Å². The molecule has 0 aromatic heterocycles. The van der Waals surface area contributed by atoms with Crippen molar-refractivity contribution >= 4 is 5.69 Å². The first-order valence-corrected chi connectivity index (χ1v) is 6.33. The molecule has 0 bridgehead atoms. The van der Waals surface area contributed by atoms with E-state index in [1.54, 1.807) is 0 Å². The second-order valence-corrected chi connectivity index (χ2v) is 4.38. The minimum atomic E-state index is 0.797. The Bertz CT molecular complexity index is 336. The highest BCUT2D eigenvalue weighted by Gasteiger charge is 2.10. The van der Waals surface area contributed by atoms with Crippen LogP contribution in [-0.4, -0.2) is 19.8 Å². The van der Waals surface area contributed by atoms with Crippen LogP contribution in [0.3, 0.4) is 0 Å². The van der Waals surface area contributed by atoms with Crippen LogP contribution in [0.15, 0.2) is 18.2 Å². The molecule has 1 N–H and O–H groups in total. The van der Waals surface area contributed by atoms with E-state index in [1.807, 2.05) is 0 Å². The molecule has 0 saturated heterocycles. The van der Waals surface area contributed by atoms with Gasteiger partial charge in [0.2, 0.25) is 0 Å². The molecule has 0 atom stereocenters. The first-order chi connectivity index (χ1) is 7.90. The summed E-state index contributed by atoms with van der Waals surface area (Å²) in [7, 11) is 0. The van der Waals surface area contributed by atoms with Crippen molar-refractivity contribution in [3.8, 4) is 0 Å². The van der Waals surface area contributed by atoms with Gasteiger partial charge in [0.05, 0.1) is 6.61 Å². The predicted molar refractivity (Wildman–Crippen MR) is 68.1 cm³/mol. The molecule has 2 heteroatoms. The third kappa shape index (κ3) is 2.99. The Labute approximate surface area is 98.0 Å². The average Bonchev–Trinajstić information content (AvgIpc) is 2.76. The molecule has 1 aliphatic carbocycles. The summed E-state index contributed by atoms with van der Waals surface area (Å²) in [5.74, 6) is 0. The highest BCUT2D eigenvalue weighted by Crippen LogP contribution is 2.24. The lowest BCUT2D eigenvalue weighted by molar-refractivity contribution is 0.144. The zero-order chi connectivity index (χ0) is 11.2. The second kappa shape index (κ2) is 5.90. The van der Waals surface area contributed by atoms with Gasteiger partial charge in [-0.05, 0) is 48.9 Å². The summed E-state index contributed by atoms with van der Waals surface area (Å²) in [5, 5.41) is 3.41. The number of aryl methyl sites for hydroxylation is 2. The maximum Gasteiger partial charge on any atom is 0.0639 e. The molecule has 0 spiro atoms. The molecule has 1 aromatic carbocycles. The van der Waals surface area contributed by atoms with E-state index in [9.17, 15) is 0 Å². The van der Waals surface area contributed by atoms with Crippen LogP contribution in [0.4, 0.5) is 5.69 Å². The van der Waals surface area contributed by atoms with Gasteiger partial charge in [-0.15, -0.1) is 0 Å². The molecule has 0 heterocycles. The zero-order valence-electron chi connectivity index (χ0n) is 10.1. The van der Waals surface area contributed by atoms with Crippen LogP contribution in [0.1, 0.15) is 30.9 Å². The fraction of sp³-hybridized carbons (Fsp3) is 0.571. The SMILES string of the molecule is CCCOCCNc1ccc2c(c1)CCC2. The second-order valence-electron chi connectivity index (χ2n) is 4.38. The van der Waals surface area contributed by atoms with Crippen LogP contribution in [0, 0.1) is 0 Å². The lowest BCUT2D eigenvalue weighted by Crippen LogP contribution is -2.09. The molecule has 0 fully saturated rings. The van der Waals surface area contributed by atoms with Crippen molar-refractivity contribution < 1.29 is 4.74 Å². The van der Waals surface area contributed by atoms with E-state index in [-0.39, 0.29) is 0 Å². The Balaban J connectivity index is 1.77. The van der Waals surface area contributed by atoms with Crippen LogP contribution >= 0.6 is 0 Å². The normalized spacial score (nSPS) is 13.8. The molecular weight excluding hydrogens is 198 g/mol. The van der Waals surface area contributed by atoms with Crippen molar-refractivity contribution in [2.24, 2.45) is 0 Å². The molecule has 0 radical (unpaired) electrons. The monoisotopic (exact) mass is 219 g/mol. The molecule has 16 heavy (non-hydrogen) atoms. The summed E-state index contributed by atoms with van der Waals surface area (Å²) in [6.07, 6.45) is 4.92. The highest BCUT2D eigenvalue weighted by atomic mass is 16.5. The molecule has 2 rings (SSSR count). The number of ether oxygens (including phenoxy) is 1. The van der Waals surface area contributed by atoms with Gasteiger partial charge >= 0.3 is 0 Å². The van der Waals surface area contributed by atoms with Crippen molar-refractivity contribution in [3.05, 3.63) is 29.3 Å². The zero-order valence-corrected chi connectivity index (χ0v) is 10.1. The number of nitrogens with one attached hydrogen (secondary N) is 1. The Morgan fingerprint density at radius 1 is 1.19 bits per heavy atom. The Kier molecular flexibility index (Phi) is 4.23. The Morgan fingerprint density at radius 3 is 2.94 bits per heavy atom. The van der Waals surface area contributed by atoms with Crippen molar-refractivity contribution in [1.82, 2.24) is 0 Å². The number of hydrogen-bond donors (Lipinski definition) is 1. The van der Waals surface area contributed by atoms with E-state index in [1.165, 1.54) is 36.1 Å². The van der Waals surface area contributed by atoms with Crippen molar-refractivity contribution in [3.63, 3.8) is 0 Å². The largest absolute Gasteiger partial charge is 0.383 e. The number of rotatable bonds is 6. The lowest BCUT2D eigenvalue weighted by atomic mass is 10.1. The van der Waals surface area contributed by atoms with Crippen molar-refractivity contribution in [2.45, 2.75) is 32.6 Å². The van der Waals surface area contributed by atoms with Gasteiger partial charge in [-0.1, -0.05) is 13.0 Å². The molecule has 0 amide bonds. The summed E-state index contributed by atoms with van der Waals surface area (Å²) >= 11 is 0. The van der Waals surface area contributed by atoms with Crippen molar-refractivity contribution in [1.29, 1.82) is 0 Å². The highest BCUT2D eigenvalue weighted by molar-refractivity contribution is 5.50. The van der Waals surface area contributed by atoms with E-state index in [0.29, 0.717) is 0 Å². The summed E-state index contributed by atoms with van der Waals surface area (Å²) < 4.78 is 5.43. The molecule has 88 valence electrons. The molecular formula is C14H21NO. The van der Waals surface area contributed by atoms with Gasteiger partial charge in [-0.3, -0.25) is 0 Å². The molecule has 1 aromatic rings. The molecule has 0 aliphatic heterocycles. The van der Waals surface area contributed by atoms with Gasteiger partial charge in [0.25, 0.3) is 0 Å². The lowest BCUT2D eigenvalue weighted by Gasteiger charge is -2.08. The minimum Gasteiger partial charge on any atom is -0.383 e.